The van der Waals surface area contributed by atoms with Crippen LogP contribution in [-0.2, 0) is 0 Å². The standard InChI is InChI=1S/C17H13ClO3S/c1-20-15-9-16-17(22-10-21-16)8-13(15)14(19)7-4-11-2-5-12(18)6-3-11/h2-9H,10H2,1H3/b7-4+. The molecule has 0 spiro atoms. The third-order valence-electron chi connectivity index (χ3n) is 3.26. The van der Waals surface area contributed by atoms with Gasteiger partial charge in [0.25, 0.3) is 0 Å². The number of carbonyl (C=O) groups excluding carboxylic acids is 1. The zero-order valence-corrected chi connectivity index (χ0v) is 13.4. The van der Waals surface area contributed by atoms with Crippen LogP contribution in [0.3, 0.4) is 0 Å². The Kier molecular flexibility index (Phi) is 4.41. The van der Waals surface area contributed by atoms with Crippen LogP contribution in [0.5, 0.6) is 11.5 Å². The number of halogens is 1. The molecule has 1 aliphatic rings. The Morgan fingerprint density at radius 1 is 1.32 bits per heavy atom. The highest BCUT2D eigenvalue weighted by Crippen LogP contribution is 2.40. The molecule has 2 aromatic rings. The molecule has 2 aromatic carbocycles. The van der Waals surface area contributed by atoms with E-state index in [-0.39, 0.29) is 5.78 Å². The van der Waals surface area contributed by atoms with Gasteiger partial charge in [0.15, 0.2) is 5.78 Å². The van der Waals surface area contributed by atoms with E-state index in [0.29, 0.717) is 22.3 Å². The lowest BCUT2D eigenvalue weighted by molar-refractivity contribution is 0.104. The molecule has 0 fully saturated rings. The predicted octanol–water partition coefficient (Wildman–Crippen LogP) is 4.69. The Labute approximate surface area is 137 Å². The minimum atomic E-state index is -0.109. The number of allylic oxidation sites excluding steroid dienone is 1. The van der Waals surface area contributed by atoms with Crippen LogP contribution < -0.4 is 9.47 Å². The number of fused-ring (bicyclic) bond motifs is 1. The molecule has 0 saturated carbocycles. The van der Waals surface area contributed by atoms with Crippen LogP contribution in [0.4, 0.5) is 0 Å². The molecule has 22 heavy (non-hydrogen) atoms. The lowest BCUT2D eigenvalue weighted by atomic mass is 10.1. The number of hydrogen-bond acceptors (Lipinski definition) is 4. The van der Waals surface area contributed by atoms with E-state index >= 15 is 0 Å². The monoisotopic (exact) mass is 332 g/mol. The van der Waals surface area contributed by atoms with Crippen molar-refractivity contribution < 1.29 is 14.3 Å². The van der Waals surface area contributed by atoms with Gasteiger partial charge in [0.1, 0.15) is 17.4 Å². The van der Waals surface area contributed by atoms with E-state index in [4.69, 9.17) is 21.1 Å². The molecule has 3 nitrogen and oxygen atoms in total. The van der Waals surface area contributed by atoms with Gasteiger partial charge in [-0.25, -0.2) is 0 Å². The Morgan fingerprint density at radius 2 is 2.09 bits per heavy atom. The van der Waals surface area contributed by atoms with E-state index in [9.17, 15) is 4.79 Å². The second kappa shape index (κ2) is 6.46. The summed E-state index contributed by atoms with van der Waals surface area (Å²) in [7, 11) is 1.55. The van der Waals surface area contributed by atoms with Crippen LogP contribution in [0, 0.1) is 0 Å². The molecule has 0 radical (unpaired) electrons. The Morgan fingerprint density at radius 3 is 2.82 bits per heavy atom. The molecule has 0 saturated heterocycles. The van der Waals surface area contributed by atoms with Crippen molar-refractivity contribution in [2.24, 2.45) is 0 Å². The highest BCUT2D eigenvalue weighted by atomic mass is 35.5. The molecule has 0 atom stereocenters. The van der Waals surface area contributed by atoms with Crippen molar-refractivity contribution in [1.29, 1.82) is 0 Å². The molecule has 5 heteroatoms. The third kappa shape index (κ3) is 3.13. The number of rotatable bonds is 4. The minimum absolute atomic E-state index is 0.109. The molecular weight excluding hydrogens is 320 g/mol. The first-order valence-corrected chi connectivity index (χ1v) is 7.99. The SMILES string of the molecule is COc1cc2c(cc1C(=O)/C=C/c1ccc(Cl)cc1)SCO2. The molecule has 0 bridgehead atoms. The first-order chi connectivity index (χ1) is 10.7. The lowest BCUT2D eigenvalue weighted by Gasteiger charge is -2.08. The number of thioether (sulfide) groups is 1. The van der Waals surface area contributed by atoms with Gasteiger partial charge in [-0.1, -0.05) is 41.6 Å². The van der Waals surface area contributed by atoms with Crippen LogP contribution in [0.15, 0.2) is 47.4 Å². The Hall–Kier alpha value is -1.91. The van der Waals surface area contributed by atoms with Crippen LogP contribution in [0.2, 0.25) is 5.02 Å². The molecule has 0 N–H and O–H groups in total. The van der Waals surface area contributed by atoms with Gasteiger partial charge in [-0.15, -0.1) is 0 Å². The van der Waals surface area contributed by atoms with Crippen LogP contribution in [0.25, 0.3) is 6.08 Å². The summed E-state index contributed by atoms with van der Waals surface area (Å²) in [6, 6.07) is 10.9. The highest BCUT2D eigenvalue weighted by molar-refractivity contribution is 7.99. The predicted molar refractivity (Wildman–Crippen MR) is 89.2 cm³/mol. The zero-order valence-electron chi connectivity index (χ0n) is 11.8. The minimum Gasteiger partial charge on any atom is -0.496 e. The maximum Gasteiger partial charge on any atom is 0.189 e. The summed E-state index contributed by atoms with van der Waals surface area (Å²) in [5.74, 6) is 1.74. The Balaban J connectivity index is 1.87. The van der Waals surface area contributed by atoms with Gasteiger partial charge < -0.3 is 9.47 Å². The van der Waals surface area contributed by atoms with E-state index in [1.54, 1.807) is 43.1 Å². The zero-order chi connectivity index (χ0) is 15.5. The summed E-state index contributed by atoms with van der Waals surface area (Å²) in [5, 5.41) is 0.667. The quantitative estimate of drug-likeness (QED) is 0.601. The van der Waals surface area contributed by atoms with E-state index in [0.717, 1.165) is 16.2 Å². The van der Waals surface area contributed by atoms with E-state index in [1.165, 1.54) is 6.08 Å². The fraction of sp³-hybridized carbons (Fsp3) is 0.118. The van der Waals surface area contributed by atoms with Crippen molar-refractivity contribution in [1.82, 2.24) is 0 Å². The van der Waals surface area contributed by atoms with Crippen molar-refractivity contribution in [2.45, 2.75) is 4.90 Å². The van der Waals surface area contributed by atoms with Crippen molar-refractivity contribution in [2.75, 3.05) is 13.0 Å². The molecule has 3 rings (SSSR count). The molecule has 1 heterocycles. The topological polar surface area (TPSA) is 35.5 Å². The maximum atomic E-state index is 12.4. The van der Waals surface area contributed by atoms with Gasteiger partial charge in [-0.2, -0.15) is 0 Å². The van der Waals surface area contributed by atoms with Crippen LogP contribution in [0.1, 0.15) is 15.9 Å². The summed E-state index contributed by atoms with van der Waals surface area (Å²) in [6.07, 6.45) is 3.29. The van der Waals surface area contributed by atoms with Crippen LogP contribution >= 0.6 is 23.4 Å². The smallest absolute Gasteiger partial charge is 0.189 e. The van der Waals surface area contributed by atoms with E-state index < -0.39 is 0 Å². The second-order valence-corrected chi connectivity index (χ2v) is 6.06. The van der Waals surface area contributed by atoms with E-state index in [1.807, 2.05) is 18.2 Å². The first kappa shape index (κ1) is 15.0. The first-order valence-electron chi connectivity index (χ1n) is 6.63. The van der Waals surface area contributed by atoms with Crippen molar-refractivity contribution in [3.63, 3.8) is 0 Å². The number of ether oxygens (including phenoxy) is 2. The maximum absolute atomic E-state index is 12.4. The normalized spacial score (nSPS) is 13.0. The summed E-state index contributed by atoms with van der Waals surface area (Å²) >= 11 is 7.41. The van der Waals surface area contributed by atoms with Gasteiger partial charge in [0.2, 0.25) is 0 Å². The second-order valence-electron chi connectivity index (χ2n) is 4.65. The molecular formula is C17H13ClO3S. The molecule has 0 aliphatic carbocycles. The summed E-state index contributed by atoms with van der Waals surface area (Å²) in [6.45, 7) is 0. The Bertz CT molecular complexity index is 738. The summed E-state index contributed by atoms with van der Waals surface area (Å²) in [4.78, 5) is 13.4. The number of methoxy groups -OCH3 is 1. The molecule has 0 unspecified atom stereocenters. The van der Waals surface area contributed by atoms with Gasteiger partial charge in [-0.05, 0) is 29.8 Å². The molecule has 1 aliphatic heterocycles. The molecule has 0 amide bonds. The fourth-order valence-corrected chi connectivity index (χ4v) is 3.02. The average molecular weight is 333 g/mol. The van der Waals surface area contributed by atoms with Crippen molar-refractivity contribution in [3.05, 3.63) is 58.6 Å². The van der Waals surface area contributed by atoms with Gasteiger partial charge in [0.05, 0.1) is 17.6 Å². The van der Waals surface area contributed by atoms with Crippen LogP contribution in [-0.4, -0.2) is 18.8 Å². The number of hydrogen-bond donors (Lipinski definition) is 0. The average Bonchev–Trinajstić information content (AvgIpc) is 3.00. The largest absolute Gasteiger partial charge is 0.496 e. The number of benzene rings is 2. The van der Waals surface area contributed by atoms with Gasteiger partial charge in [-0.3, -0.25) is 4.79 Å². The summed E-state index contributed by atoms with van der Waals surface area (Å²) in [5.41, 5.74) is 1.44. The van der Waals surface area contributed by atoms with Gasteiger partial charge >= 0.3 is 0 Å². The third-order valence-corrected chi connectivity index (χ3v) is 4.38. The number of ketones is 1. The van der Waals surface area contributed by atoms with E-state index in [2.05, 4.69) is 0 Å². The molecule has 112 valence electrons. The van der Waals surface area contributed by atoms with Gasteiger partial charge in [0, 0.05) is 11.1 Å². The van der Waals surface area contributed by atoms with Crippen molar-refractivity contribution >= 4 is 35.2 Å². The lowest BCUT2D eigenvalue weighted by Crippen LogP contribution is -1.99. The highest BCUT2D eigenvalue weighted by Gasteiger charge is 2.19. The number of carbonyl (C=O) groups is 1. The molecule has 0 aromatic heterocycles. The summed E-state index contributed by atoms with van der Waals surface area (Å²) < 4.78 is 10.8. The fourth-order valence-electron chi connectivity index (χ4n) is 2.12. The van der Waals surface area contributed by atoms with Crippen molar-refractivity contribution in [3.8, 4) is 11.5 Å².